The first-order valence-electron chi connectivity index (χ1n) is 16.0. The molecule has 1 aliphatic carbocycles. The van der Waals surface area contributed by atoms with Crippen LogP contribution in [-0.4, -0.2) is 63.7 Å². The average molecular weight is 616 g/mol. The molecule has 0 bridgehead atoms. The van der Waals surface area contributed by atoms with Gasteiger partial charge in [-0.05, 0) is 83.3 Å². The summed E-state index contributed by atoms with van der Waals surface area (Å²) in [5.41, 5.74) is -0.460. The molecule has 3 aliphatic rings. The number of carboxylic acids is 2. The first kappa shape index (κ1) is 32.6. The number of hydrogen-bond acceptors (Lipinski definition) is 6. The molecule has 240 valence electrons. The Balaban J connectivity index is 1.40. The maximum atomic E-state index is 13.4. The number of nitrogens with zero attached hydrogens (tertiary/aromatic N) is 2. The Morgan fingerprint density at radius 3 is 2.04 bits per heavy atom. The molecule has 3 N–H and O–H groups in total. The minimum absolute atomic E-state index is 0.0259. The van der Waals surface area contributed by atoms with Gasteiger partial charge in [0, 0.05) is 29.3 Å². The predicted molar refractivity (Wildman–Crippen MR) is 172 cm³/mol. The molecule has 5 rings (SSSR count). The number of rotatable bonds is 10. The molecule has 6 atom stereocenters. The van der Waals surface area contributed by atoms with Gasteiger partial charge in [0.1, 0.15) is 0 Å². The number of piperidine rings is 2. The summed E-state index contributed by atoms with van der Waals surface area (Å²) >= 11 is 0. The summed E-state index contributed by atoms with van der Waals surface area (Å²) in [5, 5.41) is 36.6. The quantitative estimate of drug-likeness (QED) is 0.175. The SMILES string of the molecule is CC1NC(C)C(CCCN2CCC(c3ccccc3)(c3ccccc3)CC2)(C(=O)O)C(C2C=CCC([N+](=O)[O-])=C2)C1(C)C(=O)O. The fourth-order valence-corrected chi connectivity index (χ4v) is 8.68. The lowest BCUT2D eigenvalue weighted by atomic mass is 9.49. The molecule has 0 amide bonds. The number of allylic oxidation sites excluding steroid dienone is 3. The van der Waals surface area contributed by atoms with Crippen LogP contribution in [0.5, 0.6) is 0 Å². The molecule has 9 heteroatoms. The van der Waals surface area contributed by atoms with Crippen LogP contribution in [0.3, 0.4) is 0 Å². The van der Waals surface area contributed by atoms with Crippen LogP contribution in [0.15, 0.2) is 84.6 Å². The molecule has 0 aromatic heterocycles. The maximum absolute atomic E-state index is 13.4. The van der Waals surface area contributed by atoms with E-state index in [1.54, 1.807) is 26.0 Å². The van der Waals surface area contributed by atoms with Crippen molar-refractivity contribution in [2.75, 3.05) is 19.6 Å². The molecule has 6 unspecified atom stereocenters. The van der Waals surface area contributed by atoms with Crippen molar-refractivity contribution in [1.29, 1.82) is 0 Å². The van der Waals surface area contributed by atoms with Crippen molar-refractivity contribution in [2.24, 2.45) is 22.7 Å². The van der Waals surface area contributed by atoms with Crippen molar-refractivity contribution in [3.63, 3.8) is 0 Å². The average Bonchev–Trinajstić information content (AvgIpc) is 3.04. The second kappa shape index (κ2) is 12.9. The Labute approximate surface area is 265 Å². The van der Waals surface area contributed by atoms with Gasteiger partial charge in [-0.25, -0.2) is 0 Å². The van der Waals surface area contributed by atoms with Crippen molar-refractivity contribution < 1.29 is 24.7 Å². The third-order valence-electron chi connectivity index (χ3n) is 11.3. The highest BCUT2D eigenvalue weighted by molar-refractivity contribution is 5.82. The summed E-state index contributed by atoms with van der Waals surface area (Å²) in [6, 6.07) is 20.2. The van der Waals surface area contributed by atoms with Gasteiger partial charge < -0.3 is 20.4 Å². The highest BCUT2D eigenvalue weighted by atomic mass is 16.6. The van der Waals surface area contributed by atoms with Crippen LogP contribution in [0.1, 0.15) is 64.0 Å². The number of carbonyl (C=O) groups is 2. The Morgan fingerprint density at radius 1 is 0.956 bits per heavy atom. The van der Waals surface area contributed by atoms with E-state index < -0.39 is 51.6 Å². The zero-order valence-corrected chi connectivity index (χ0v) is 26.4. The summed E-state index contributed by atoms with van der Waals surface area (Å²) in [5.74, 6) is -3.76. The summed E-state index contributed by atoms with van der Waals surface area (Å²) in [4.78, 5) is 40.1. The summed E-state index contributed by atoms with van der Waals surface area (Å²) < 4.78 is 0. The molecule has 0 saturated carbocycles. The van der Waals surface area contributed by atoms with Crippen LogP contribution < -0.4 is 5.32 Å². The van der Waals surface area contributed by atoms with Gasteiger partial charge in [-0.1, -0.05) is 72.8 Å². The van der Waals surface area contributed by atoms with Gasteiger partial charge >= 0.3 is 11.9 Å². The van der Waals surface area contributed by atoms with Crippen LogP contribution in [0.25, 0.3) is 0 Å². The van der Waals surface area contributed by atoms with Gasteiger partial charge in [0.15, 0.2) is 0 Å². The van der Waals surface area contributed by atoms with Crippen molar-refractivity contribution in [1.82, 2.24) is 10.2 Å². The third-order valence-corrected chi connectivity index (χ3v) is 11.3. The van der Waals surface area contributed by atoms with E-state index in [0.29, 0.717) is 13.0 Å². The number of nitrogens with one attached hydrogen (secondary N) is 1. The standard InChI is InChI=1S/C36H45N3O6/c1-25-34(3,32(40)41)31(27-12-10-17-30(24-27)39(44)45)36(33(42)43,26(2)37-25)18-11-21-38-22-19-35(20-23-38,28-13-6-4-7-14-28)29-15-8-5-9-16-29/h4-10,12-16,24-27,31,37H,11,17-23H2,1-3H3,(H,40,41)(H,42,43). The number of carboxylic acid groups (broad SMARTS) is 2. The lowest BCUT2D eigenvalue weighted by Gasteiger charge is -2.58. The predicted octanol–water partition coefficient (Wildman–Crippen LogP) is 5.74. The topological polar surface area (TPSA) is 133 Å². The smallest absolute Gasteiger partial charge is 0.311 e. The molecule has 45 heavy (non-hydrogen) atoms. The molecule has 0 spiro atoms. The Bertz CT molecular complexity index is 1410. The minimum atomic E-state index is -1.48. The molecular weight excluding hydrogens is 570 g/mol. The highest BCUT2D eigenvalue weighted by Gasteiger charge is 2.66. The Kier molecular flexibility index (Phi) is 9.33. The first-order valence-corrected chi connectivity index (χ1v) is 16.0. The fourth-order valence-electron chi connectivity index (χ4n) is 8.68. The Hall–Kier alpha value is -3.82. The van der Waals surface area contributed by atoms with E-state index in [2.05, 4.69) is 58.7 Å². The van der Waals surface area contributed by atoms with Crippen molar-refractivity contribution >= 4 is 11.9 Å². The molecular formula is C36H45N3O6. The number of hydrogen-bond donors (Lipinski definition) is 3. The highest BCUT2D eigenvalue weighted by Crippen LogP contribution is 2.56. The minimum Gasteiger partial charge on any atom is -0.481 e. The number of nitro groups is 1. The number of likely N-dealkylation sites (tertiary alicyclic amines) is 1. The molecule has 2 aromatic carbocycles. The first-order chi connectivity index (χ1) is 21.5. The number of aliphatic carboxylic acids is 2. The van der Waals surface area contributed by atoms with Crippen LogP contribution in [-0.2, 0) is 15.0 Å². The molecule has 2 heterocycles. The lowest BCUT2D eigenvalue weighted by Crippen LogP contribution is -2.71. The molecule has 0 radical (unpaired) electrons. The summed E-state index contributed by atoms with van der Waals surface area (Å²) in [6.45, 7) is 7.58. The van der Waals surface area contributed by atoms with E-state index in [4.69, 9.17) is 0 Å². The van der Waals surface area contributed by atoms with Crippen LogP contribution in [0.2, 0.25) is 0 Å². The van der Waals surface area contributed by atoms with Crippen LogP contribution in [0, 0.1) is 32.8 Å². The second-order valence-electron chi connectivity index (χ2n) is 13.4. The third kappa shape index (κ3) is 5.72. The zero-order chi connectivity index (χ0) is 32.4. The normalized spacial score (nSPS) is 31.6. The van der Waals surface area contributed by atoms with Gasteiger partial charge in [0.2, 0.25) is 5.70 Å². The Morgan fingerprint density at radius 2 is 1.53 bits per heavy atom. The fraction of sp³-hybridized carbons (Fsp3) is 0.500. The molecule has 2 fully saturated rings. The van der Waals surface area contributed by atoms with Gasteiger partial charge in [-0.3, -0.25) is 19.7 Å². The van der Waals surface area contributed by atoms with Gasteiger partial charge in [-0.15, -0.1) is 0 Å². The van der Waals surface area contributed by atoms with Crippen molar-refractivity contribution in [3.8, 4) is 0 Å². The lowest BCUT2D eigenvalue weighted by molar-refractivity contribution is -0.427. The van der Waals surface area contributed by atoms with Crippen molar-refractivity contribution in [3.05, 3.63) is 106 Å². The van der Waals surface area contributed by atoms with E-state index >= 15 is 0 Å². The molecule has 2 saturated heterocycles. The molecule has 2 aliphatic heterocycles. The van der Waals surface area contributed by atoms with E-state index in [0.717, 1.165) is 25.9 Å². The van der Waals surface area contributed by atoms with E-state index in [1.165, 1.54) is 17.2 Å². The summed E-state index contributed by atoms with van der Waals surface area (Å²) in [6.07, 6.45) is 7.75. The zero-order valence-electron chi connectivity index (χ0n) is 26.4. The van der Waals surface area contributed by atoms with Crippen molar-refractivity contribution in [2.45, 2.75) is 70.4 Å². The molecule has 2 aromatic rings. The summed E-state index contributed by atoms with van der Waals surface area (Å²) in [7, 11) is 0. The van der Waals surface area contributed by atoms with Crippen LogP contribution >= 0.6 is 0 Å². The van der Waals surface area contributed by atoms with E-state index in [1.807, 2.05) is 19.1 Å². The maximum Gasteiger partial charge on any atom is 0.311 e. The molecule has 9 nitrogen and oxygen atoms in total. The van der Waals surface area contributed by atoms with Gasteiger partial charge in [0.05, 0.1) is 22.2 Å². The monoisotopic (exact) mass is 615 g/mol. The van der Waals surface area contributed by atoms with Crippen LogP contribution in [0.4, 0.5) is 0 Å². The van der Waals surface area contributed by atoms with E-state index in [-0.39, 0.29) is 24.0 Å². The second-order valence-corrected chi connectivity index (χ2v) is 13.4. The number of benzene rings is 2. The van der Waals surface area contributed by atoms with E-state index in [9.17, 15) is 29.9 Å². The largest absolute Gasteiger partial charge is 0.481 e. The van der Waals surface area contributed by atoms with Gasteiger partial charge in [-0.2, -0.15) is 0 Å². The van der Waals surface area contributed by atoms with Gasteiger partial charge in [0.25, 0.3) is 0 Å².